The summed E-state index contributed by atoms with van der Waals surface area (Å²) in [7, 11) is -8.05. The van der Waals surface area contributed by atoms with Gasteiger partial charge in [-0.3, -0.25) is 14.6 Å². The molecular weight excluding hydrogens is 616 g/mol. The van der Waals surface area contributed by atoms with E-state index in [1.165, 1.54) is 10.4 Å². The van der Waals surface area contributed by atoms with Gasteiger partial charge in [-0.2, -0.15) is 4.31 Å². The number of carboxylic acids is 1. The molecule has 1 aromatic heterocycles. The number of hydrogen-bond donors (Lipinski definition) is 3. The Morgan fingerprint density at radius 3 is 2.47 bits per heavy atom. The highest BCUT2D eigenvalue weighted by Crippen LogP contribution is 2.33. The van der Waals surface area contributed by atoms with Crippen molar-refractivity contribution in [2.24, 2.45) is 0 Å². The molecule has 1 heterocycles. The maximum Gasteiger partial charge on any atom is 0.320 e. The zero-order valence-corrected chi connectivity index (χ0v) is 26.5. The van der Waals surface area contributed by atoms with Crippen LogP contribution < -0.4 is 10.0 Å². The second kappa shape index (κ2) is 14.9. The van der Waals surface area contributed by atoms with E-state index in [9.17, 15) is 26.4 Å². The minimum absolute atomic E-state index is 0.0205. The number of benzene rings is 2. The molecule has 232 valence electrons. The van der Waals surface area contributed by atoms with Gasteiger partial charge in [0.25, 0.3) is 0 Å². The zero-order chi connectivity index (χ0) is 31.8. The van der Waals surface area contributed by atoms with Crippen LogP contribution in [0.5, 0.6) is 0 Å². The molecule has 14 heteroatoms. The summed E-state index contributed by atoms with van der Waals surface area (Å²) in [5.74, 6) is -2.96. The standard InChI is InChI=1S/C29H35ClN4O7S2/c1-20-18-31-13-12-25(20)24-8-4-7-23(17-24)22(3)34(43(40,41)27-10-5-9-26(30)21(27)2)16-6-11-28(35)32-14-15-33-42(38,39)19-29(36)37/h4-5,7-10,12-13,17-18,22,33H,6,11,14-16,19H2,1-3H3,(H,32,35)(H,36,37)/t22-/m0/s1. The maximum atomic E-state index is 14.0. The van der Waals surface area contributed by atoms with Crippen molar-refractivity contribution >= 4 is 43.5 Å². The largest absolute Gasteiger partial charge is 0.480 e. The molecule has 0 unspecified atom stereocenters. The van der Waals surface area contributed by atoms with Gasteiger partial charge in [-0.1, -0.05) is 35.9 Å². The van der Waals surface area contributed by atoms with E-state index < -0.39 is 43.7 Å². The lowest BCUT2D eigenvalue weighted by Crippen LogP contribution is -2.38. The van der Waals surface area contributed by atoms with Crippen LogP contribution in [-0.2, 0) is 29.6 Å². The number of carbonyl (C=O) groups excluding carboxylic acids is 1. The van der Waals surface area contributed by atoms with Crippen molar-refractivity contribution in [3.05, 3.63) is 82.6 Å². The lowest BCUT2D eigenvalue weighted by molar-refractivity contribution is -0.134. The topological polar surface area (TPSA) is 163 Å². The average molecular weight is 651 g/mol. The van der Waals surface area contributed by atoms with Crippen molar-refractivity contribution in [3.63, 3.8) is 0 Å². The van der Waals surface area contributed by atoms with Gasteiger partial charge in [-0.15, -0.1) is 0 Å². The number of aryl methyl sites for hydroxylation is 1. The molecular formula is C29H35ClN4O7S2. The molecule has 3 rings (SSSR count). The predicted molar refractivity (Wildman–Crippen MR) is 165 cm³/mol. The second-order valence-corrected chi connectivity index (χ2v) is 14.0. The first-order valence-corrected chi connectivity index (χ1v) is 16.9. The SMILES string of the molecule is Cc1cnccc1-c1cccc([C@H](C)N(CCCC(=O)NCCNS(=O)(=O)CC(=O)O)S(=O)(=O)c2cccc(Cl)c2C)c1. The summed E-state index contributed by atoms with van der Waals surface area (Å²) >= 11 is 6.27. The molecule has 0 aliphatic rings. The summed E-state index contributed by atoms with van der Waals surface area (Å²) in [5, 5.41) is 11.5. The van der Waals surface area contributed by atoms with Crippen molar-refractivity contribution in [2.45, 2.75) is 44.6 Å². The molecule has 0 saturated heterocycles. The molecule has 1 atom stereocenters. The summed E-state index contributed by atoms with van der Waals surface area (Å²) < 4.78 is 54.7. The van der Waals surface area contributed by atoms with Gasteiger partial charge in [0.2, 0.25) is 26.0 Å². The van der Waals surface area contributed by atoms with Gasteiger partial charge < -0.3 is 10.4 Å². The normalized spacial score (nSPS) is 12.7. The average Bonchev–Trinajstić information content (AvgIpc) is 2.94. The molecule has 2 aromatic carbocycles. The fourth-order valence-electron chi connectivity index (χ4n) is 4.55. The molecule has 11 nitrogen and oxygen atoms in total. The van der Waals surface area contributed by atoms with Crippen LogP contribution in [0.1, 0.15) is 42.5 Å². The van der Waals surface area contributed by atoms with Crippen LogP contribution in [0.3, 0.4) is 0 Å². The lowest BCUT2D eigenvalue weighted by atomic mass is 9.98. The predicted octanol–water partition coefficient (Wildman–Crippen LogP) is 3.67. The van der Waals surface area contributed by atoms with Crippen LogP contribution in [0, 0.1) is 13.8 Å². The Morgan fingerprint density at radius 1 is 1.05 bits per heavy atom. The molecule has 0 spiro atoms. The first-order valence-electron chi connectivity index (χ1n) is 13.5. The lowest BCUT2D eigenvalue weighted by Gasteiger charge is -2.30. The number of halogens is 1. The van der Waals surface area contributed by atoms with Crippen LogP contribution in [0.15, 0.2) is 65.8 Å². The Hall–Kier alpha value is -3.36. The number of rotatable bonds is 15. The highest BCUT2D eigenvalue weighted by atomic mass is 35.5. The number of sulfonamides is 2. The first kappa shape index (κ1) is 34.1. The van der Waals surface area contributed by atoms with Crippen molar-refractivity contribution in [3.8, 4) is 11.1 Å². The molecule has 0 bridgehead atoms. The summed E-state index contributed by atoms with van der Waals surface area (Å²) in [6.07, 6.45) is 3.63. The highest BCUT2D eigenvalue weighted by Gasteiger charge is 2.31. The van der Waals surface area contributed by atoms with E-state index in [1.54, 1.807) is 38.4 Å². The number of amides is 1. The molecule has 0 aliphatic heterocycles. The minimum atomic E-state index is -4.05. The van der Waals surface area contributed by atoms with Gasteiger partial charge in [0, 0.05) is 49.5 Å². The van der Waals surface area contributed by atoms with Gasteiger partial charge in [-0.05, 0) is 79.3 Å². The fourth-order valence-corrected chi connectivity index (χ4v) is 7.53. The van der Waals surface area contributed by atoms with Crippen molar-refractivity contribution in [2.75, 3.05) is 25.4 Å². The number of hydrogen-bond acceptors (Lipinski definition) is 7. The molecule has 43 heavy (non-hydrogen) atoms. The van der Waals surface area contributed by atoms with Crippen molar-refractivity contribution < 1.29 is 31.5 Å². The van der Waals surface area contributed by atoms with Crippen LogP contribution in [0.2, 0.25) is 5.02 Å². The summed E-state index contributed by atoms with van der Waals surface area (Å²) in [4.78, 5) is 27.3. The summed E-state index contributed by atoms with van der Waals surface area (Å²) in [6, 6.07) is 13.6. The number of nitrogens with zero attached hydrogens (tertiary/aromatic N) is 2. The van der Waals surface area contributed by atoms with E-state index >= 15 is 0 Å². The third-order valence-corrected chi connectivity index (χ3v) is 10.6. The molecule has 0 fully saturated rings. The highest BCUT2D eigenvalue weighted by molar-refractivity contribution is 7.90. The van der Waals surface area contributed by atoms with E-state index in [1.807, 2.05) is 37.3 Å². The third-order valence-electron chi connectivity index (χ3n) is 6.80. The van der Waals surface area contributed by atoms with Gasteiger partial charge in [0.1, 0.15) is 0 Å². The number of aromatic nitrogens is 1. The second-order valence-electron chi connectivity index (χ2n) is 9.97. The third kappa shape index (κ3) is 9.31. The number of pyridine rings is 1. The minimum Gasteiger partial charge on any atom is -0.480 e. The Balaban J connectivity index is 1.78. The molecule has 3 N–H and O–H groups in total. The molecule has 0 saturated carbocycles. The molecule has 0 radical (unpaired) electrons. The number of nitrogens with one attached hydrogen (secondary N) is 2. The van der Waals surface area contributed by atoms with Gasteiger partial charge in [0.05, 0.1) is 4.90 Å². The van der Waals surface area contributed by atoms with Crippen LogP contribution >= 0.6 is 11.6 Å². The molecule has 0 aliphatic carbocycles. The van der Waals surface area contributed by atoms with Crippen LogP contribution in [0.4, 0.5) is 0 Å². The smallest absolute Gasteiger partial charge is 0.320 e. The monoisotopic (exact) mass is 650 g/mol. The van der Waals surface area contributed by atoms with Crippen LogP contribution in [-0.4, -0.2) is 68.5 Å². The van der Waals surface area contributed by atoms with Crippen molar-refractivity contribution in [1.82, 2.24) is 19.3 Å². The molecule has 3 aromatic rings. The van der Waals surface area contributed by atoms with Gasteiger partial charge in [0.15, 0.2) is 5.75 Å². The Bertz CT molecular complexity index is 1680. The maximum absolute atomic E-state index is 14.0. The quantitative estimate of drug-likeness (QED) is 0.210. The Kier molecular flexibility index (Phi) is 11.8. The van der Waals surface area contributed by atoms with E-state index in [2.05, 4.69) is 15.0 Å². The molecule has 1 amide bonds. The van der Waals surface area contributed by atoms with Crippen molar-refractivity contribution in [1.29, 1.82) is 0 Å². The zero-order valence-electron chi connectivity index (χ0n) is 24.1. The summed E-state index contributed by atoms with van der Waals surface area (Å²) in [5.41, 5.74) is 4.05. The Labute approximate surface area is 257 Å². The fraction of sp³-hybridized carbons (Fsp3) is 0.345. The number of carboxylic acid groups (broad SMARTS) is 1. The number of carbonyl (C=O) groups is 2. The van der Waals surface area contributed by atoms with Gasteiger partial charge in [-0.25, -0.2) is 21.6 Å². The van der Waals surface area contributed by atoms with Crippen LogP contribution in [0.25, 0.3) is 11.1 Å². The number of aliphatic carboxylic acids is 1. The van der Waals surface area contributed by atoms with E-state index in [0.29, 0.717) is 10.6 Å². The Morgan fingerprint density at radius 2 is 1.77 bits per heavy atom. The first-order chi connectivity index (χ1) is 20.2. The van der Waals surface area contributed by atoms with E-state index in [4.69, 9.17) is 16.7 Å². The van der Waals surface area contributed by atoms with E-state index in [-0.39, 0.29) is 37.4 Å². The van der Waals surface area contributed by atoms with E-state index in [0.717, 1.165) is 22.3 Å². The van der Waals surface area contributed by atoms with Gasteiger partial charge >= 0.3 is 5.97 Å². The summed E-state index contributed by atoms with van der Waals surface area (Å²) in [6.45, 7) is 5.17.